The van der Waals surface area contributed by atoms with E-state index in [1.54, 1.807) is 25.3 Å². The molecule has 0 bridgehead atoms. The number of phenols is 1. The number of hydrogen-bond acceptors (Lipinski definition) is 4. The van der Waals surface area contributed by atoms with E-state index in [2.05, 4.69) is 4.90 Å². The van der Waals surface area contributed by atoms with Crippen LogP contribution in [0.25, 0.3) is 6.08 Å². The zero-order valence-electron chi connectivity index (χ0n) is 18.0. The summed E-state index contributed by atoms with van der Waals surface area (Å²) in [6.07, 6.45) is -2.86. The molecule has 1 N–H and O–H groups in total. The van der Waals surface area contributed by atoms with E-state index in [0.717, 1.165) is 30.9 Å². The van der Waals surface area contributed by atoms with Gasteiger partial charge in [0.25, 0.3) is 5.91 Å². The lowest BCUT2D eigenvalue weighted by Gasteiger charge is -2.21. The van der Waals surface area contributed by atoms with Crippen LogP contribution in [0.3, 0.4) is 0 Å². The summed E-state index contributed by atoms with van der Waals surface area (Å²) in [5.41, 5.74) is 1.39. The Morgan fingerprint density at radius 1 is 1.09 bits per heavy atom. The molecule has 1 saturated heterocycles. The zero-order chi connectivity index (χ0) is 23.6. The number of alkyl halides is 3. The number of benzene rings is 2. The summed E-state index contributed by atoms with van der Waals surface area (Å²) >= 11 is 5.38. The van der Waals surface area contributed by atoms with E-state index in [0.29, 0.717) is 11.1 Å². The smallest absolute Gasteiger partial charge is 0.416 e. The first-order chi connectivity index (χ1) is 15.1. The molecular weight excluding hydrogens is 439 g/mol. The van der Waals surface area contributed by atoms with Crippen LogP contribution in [-0.4, -0.2) is 46.1 Å². The minimum absolute atomic E-state index is 0.0372. The molecule has 0 aromatic heterocycles. The Kier molecular flexibility index (Phi) is 6.78. The van der Waals surface area contributed by atoms with Gasteiger partial charge in [0, 0.05) is 37.5 Å². The number of rotatable bonds is 6. The van der Waals surface area contributed by atoms with Crippen LogP contribution in [0.1, 0.15) is 30.5 Å². The average molecular weight is 464 g/mol. The fourth-order valence-electron chi connectivity index (χ4n) is 3.52. The Balaban J connectivity index is 1.83. The molecule has 1 aliphatic rings. The van der Waals surface area contributed by atoms with Crippen molar-refractivity contribution in [1.82, 2.24) is 9.80 Å². The Morgan fingerprint density at radius 2 is 1.72 bits per heavy atom. The predicted octanol–water partition coefficient (Wildman–Crippen LogP) is 4.86. The van der Waals surface area contributed by atoms with Gasteiger partial charge in [0.2, 0.25) is 0 Å². The minimum Gasteiger partial charge on any atom is -0.507 e. The lowest BCUT2D eigenvalue weighted by molar-refractivity contribution is -0.137. The predicted molar refractivity (Wildman–Crippen MR) is 122 cm³/mol. The summed E-state index contributed by atoms with van der Waals surface area (Å²) in [4.78, 5) is 17.9. The van der Waals surface area contributed by atoms with Crippen molar-refractivity contribution in [2.45, 2.75) is 26.6 Å². The number of nitrogens with zero attached hydrogens (tertiary/aromatic N) is 3. The van der Waals surface area contributed by atoms with Crippen LogP contribution >= 0.6 is 12.2 Å². The third kappa shape index (κ3) is 4.72. The van der Waals surface area contributed by atoms with E-state index < -0.39 is 11.7 Å². The number of phenolic OH excluding ortho intramolecular Hbond substituents is 1. The number of carbonyl (C=O) groups excluding carboxylic acids is 1. The number of halogens is 3. The molecule has 0 spiro atoms. The molecule has 0 unspecified atom stereocenters. The van der Waals surface area contributed by atoms with Gasteiger partial charge in [0.15, 0.2) is 5.11 Å². The minimum atomic E-state index is -4.42. The van der Waals surface area contributed by atoms with Gasteiger partial charge >= 0.3 is 6.18 Å². The second kappa shape index (κ2) is 9.20. The molecule has 5 nitrogen and oxygen atoms in total. The molecule has 0 saturated carbocycles. The lowest BCUT2D eigenvalue weighted by atomic mass is 10.1. The molecule has 0 atom stereocenters. The molecule has 32 heavy (non-hydrogen) atoms. The van der Waals surface area contributed by atoms with Crippen LogP contribution in [0.2, 0.25) is 0 Å². The van der Waals surface area contributed by atoms with E-state index in [1.807, 2.05) is 19.9 Å². The quantitative estimate of drug-likeness (QED) is 0.490. The van der Waals surface area contributed by atoms with Gasteiger partial charge in [-0.1, -0.05) is 12.1 Å². The fourth-order valence-corrected chi connectivity index (χ4v) is 3.77. The topological polar surface area (TPSA) is 47.0 Å². The van der Waals surface area contributed by atoms with Crippen LogP contribution < -0.4 is 4.90 Å². The van der Waals surface area contributed by atoms with Gasteiger partial charge in [-0.2, -0.15) is 13.2 Å². The van der Waals surface area contributed by atoms with E-state index >= 15 is 0 Å². The summed E-state index contributed by atoms with van der Waals surface area (Å²) in [6, 6.07) is 9.88. The number of thiocarbonyl (C=S) groups is 1. The van der Waals surface area contributed by atoms with Gasteiger partial charge in [-0.3, -0.25) is 9.69 Å². The zero-order valence-corrected chi connectivity index (χ0v) is 18.8. The van der Waals surface area contributed by atoms with Gasteiger partial charge in [0.1, 0.15) is 11.4 Å². The second-order valence-corrected chi connectivity index (χ2v) is 7.74. The Hall–Kier alpha value is -3.07. The third-order valence-electron chi connectivity index (χ3n) is 5.40. The van der Waals surface area contributed by atoms with Crippen molar-refractivity contribution in [3.8, 4) is 5.75 Å². The maximum atomic E-state index is 13.0. The van der Waals surface area contributed by atoms with E-state index in [1.165, 1.54) is 21.9 Å². The lowest BCUT2D eigenvalue weighted by Crippen LogP contribution is -2.30. The van der Waals surface area contributed by atoms with Crippen molar-refractivity contribution < 1.29 is 23.1 Å². The molecule has 1 amide bonds. The van der Waals surface area contributed by atoms with Crippen LogP contribution in [0.4, 0.5) is 18.9 Å². The first kappa shape index (κ1) is 23.6. The SMILES string of the molecule is CCN(CC)c1ccc(/C=C2\C(=O)N(Cc3ccc(C(F)(F)F)cc3)C(=S)N2C)c(O)c1. The van der Waals surface area contributed by atoms with Crippen molar-refractivity contribution in [2.75, 3.05) is 25.0 Å². The largest absolute Gasteiger partial charge is 0.507 e. The Morgan fingerprint density at radius 3 is 2.25 bits per heavy atom. The first-order valence-corrected chi connectivity index (χ1v) is 10.5. The molecule has 9 heteroatoms. The van der Waals surface area contributed by atoms with Crippen molar-refractivity contribution in [3.05, 3.63) is 64.9 Å². The first-order valence-electron chi connectivity index (χ1n) is 10.1. The number of anilines is 1. The summed E-state index contributed by atoms with van der Waals surface area (Å²) in [5, 5.41) is 10.7. The highest BCUT2D eigenvalue weighted by Crippen LogP contribution is 2.31. The highest BCUT2D eigenvalue weighted by molar-refractivity contribution is 7.80. The molecule has 1 fully saturated rings. The number of hydrogen-bond donors (Lipinski definition) is 1. The fraction of sp³-hybridized carbons (Fsp3) is 0.304. The number of aromatic hydroxyl groups is 1. The highest BCUT2D eigenvalue weighted by Gasteiger charge is 2.36. The van der Waals surface area contributed by atoms with Crippen molar-refractivity contribution >= 4 is 35.0 Å². The van der Waals surface area contributed by atoms with Crippen molar-refractivity contribution in [1.29, 1.82) is 0 Å². The average Bonchev–Trinajstić information content (AvgIpc) is 2.94. The van der Waals surface area contributed by atoms with Crippen LogP contribution in [0.15, 0.2) is 48.2 Å². The van der Waals surface area contributed by atoms with Gasteiger partial charge in [0.05, 0.1) is 12.1 Å². The summed E-state index contributed by atoms with van der Waals surface area (Å²) < 4.78 is 38.3. The van der Waals surface area contributed by atoms with Crippen molar-refractivity contribution in [2.24, 2.45) is 0 Å². The van der Waals surface area contributed by atoms with Gasteiger partial charge in [-0.15, -0.1) is 0 Å². The molecule has 2 aromatic rings. The second-order valence-electron chi connectivity index (χ2n) is 7.37. The van der Waals surface area contributed by atoms with E-state index in [-0.39, 0.29) is 29.0 Å². The number of carbonyl (C=O) groups is 1. The number of amides is 1. The molecule has 2 aromatic carbocycles. The summed E-state index contributed by atoms with van der Waals surface area (Å²) in [5.74, 6) is -0.347. The third-order valence-corrected chi connectivity index (χ3v) is 5.89. The Labute approximate surface area is 190 Å². The van der Waals surface area contributed by atoms with Gasteiger partial charge in [-0.25, -0.2) is 0 Å². The number of likely N-dealkylation sites (N-methyl/N-ethyl adjacent to an activating group) is 1. The van der Waals surface area contributed by atoms with Gasteiger partial charge < -0.3 is 14.9 Å². The van der Waals surface area contributed by atoms with E-state index in [4.69, 9.17) is 12.2 Å². The normalized spacial score (nSPS) is 15.8. The molecule has 170 valence electrons. The maximum Gasteiger partial charge on any atom is 0.416 e. The standard InChI is InChI=1S/C23H24F3N3O2S/c1-4-28(5-2)18-11-8-16(20(30)13-18)12-19-21(31)29(22(32)27(19)3)14-15-6-9-17(10-7-15)23(24,25)26/h6-13,30H,4-5,14H2,1-3H3/b19-12+. The van der Waals surface area contributed by atoms with E-state index in [9.17, 15) is 23.1 Å². The molecular formula is C23H24F3N3O2S. The molecule has 0 radical (unpaired) electrons. The van der Waals surface area contributed by atoms with Crippen LogP contribution in [0, 0.1) is 0 Å². The Bertz CT molecular complexity index is 1050. The van der Waals surface area contributed by atoms with Crippen LogP contribution in [-0.2, 0) is 17.5 Å². The van der Waals surface area contributed by atoms with Gasteiger partial charge in [-0.05, 0) is 62.0 Å². The molecule has 0 aliphatic carbocycles. The monoisotopic (exact) mass is 463 g/mol. The summed E-state index contributed by atoms with van der Waals surface area (Å²) in [6.45, 7) is 5.68. The summed E-state index contributed by atoms with van der Waals surface area (Å²) in [7, 11) is 1.64. The molecule has 1 heterocycles. The maximum absolute atomic E-state index is 13.0. The highest BCUT2D eigenvalue weighted by atomic mass is 32.1. The molecule has 1 aliphatic heterocycles. The van der Waals surface area contributed by atoms with Crippen molar-refractivity contribution in [3.63, 3.8) is 0 Å². The molecule has 3 rings (SSSR count). The van der Waals surface area contributed by atoms with Crippen LogP contribution in [0.5, 0.6) is 5.75 Å².